The number of amides is 2. The summed E-state index contributed by atoms with van der Waals surface area (Å²) in [6, 6.07) is 8.11. The van der Waals surface area contributed by atoms with Crippen molar-refractivity contribution in [1.82, 2.24) is 9.88 Å². The van der Waals surface area contributed by atoms with Gasteiger partial charge in [-0.1, -0.05) is 18.2 Å². The van der Waals surface area contributed by atoms with Gasteiger partial charge < -0.3 is 24.8 Å². The standard InChI is InChI=1S/C24H21F4N3O6/c1-13-10-19(32)21(22(35)30(13)2)31(23(36)29-9-8-20(33)34)18-12-15(6-7-17(18)25)14-4-3-5-16(11-14)37-24(26,27)28/h3-7,10-12,32H,8-9H2,1-2H3,(H,29,36)(H,33,34). The van der Waals surface area contributed by atoms with Crippen LogP contribution in [0.15, 0.2) is 53.3 Å². The Labute approximate surface area is 207 Å². The third kappa shape index (κ3) is 6.37. The fraction of sp³-hybridized carbons (Fsp3) is 0.208. The van der Waals surface area contributed by atoms with Crippen LogP contribution in [0.4, 0.5) is 33.7 Å². The van der Waals surface area contributed by atoms with Crippen LogP contribution >= 0.6 is 0 Å². The molecule has 0 saturated heterocycles. The van der Waals surface area contributed by atoms with E-state index in [1.807, 2.05) is 0 Å². The monoisotopic (exact) mass is 523 g/mol. The molecule has 37 heavy (non-hydrogen) atoms. The minimum atomic E-state index is -4.94. The van der Waals surface area contributed by atoms with Crippen LogP contribution in [0.25, 0.3) is 11.1 Å². The maximum atomic E-state index is 15.1. The van der Waals surface area contributed by atoms with E-state index in [9.17, 15) is 32.7 Å². The number of urea groups is 1. The third-order valence-corrected chi connectivity index (χ3v) is 5.25. The zero-order chi connectivity index (χ0) is 27.5. The normalized spacial score (nSPS) is 11.2. The number of pyridine rings is 1. The molecule has 2 aromatic carbocycles. The Morgan fingerprint density at radius 2 is 1.78 bits per heavy atom. The van der Waals surface area contributed by atoms with Gasteiger partial charge in [-0.05, 0) is 42.3 Å². The number of benzene rings is 2. The summed E-state index contributed by atoms with van der Waals surface area (Å²) in [5.74, 6) is -3.43. The molecule has 0 aliphatic rings. The Hall–Kier alpha value is -4.55. The molecule has 0 atom stereocenters. The highest BCUT2D eigenvalue weighted by atomic mass is 19.4. The van der Waals surface area contributed by atoms with Crippen molar-refractivity contribution < 1.29 is 42.1 Å². The molecule has 0 saturated carbocycles. The van der Waals surface area contributed by atoms with E-state index in [4.69, 9.17) is 5.11 Å². The van der Waals surface area contributed by atoms with Crippen LogP contribution in [0.3, 0.4) is 0 Å². The van der Waals surface area contributed by atoms with Gasteiger partial charge in [-0.25, -0.2) is 9.18 Å². The first-order valence-electron chi connectivity index (χ1n) is 10.6. The Morgan fingerprint density at radius 1 is 1.11 bits per heavy atom. The van der Waals surface area contributed by atoms with Crippen molar-refractivity contribution in [3.05, 3.63) is 70.4 Å². The van der Waals surface area contributed by atoms with E-state index < -0.39 is 59.0 Å². The van der Waals surface area contributed by atoms with Crippen LogP contribution in [-0.2, 0) is 11.8 Å². The minimum absolute atomic E-state index is 0.149. The number of aryl methyl sites for hydroxylation is 1. The molecule has 0 fully saturated rings. The molecule has 0 aliphatic carbocycles. The number of carbonyl (C=O) groups excluding carboxylic acids is 1. The van der Waals surface area contributed by atoms with Crippen LogP contribution < -0.4 is 20.5 Å². The van der Waals surface area contributed by atoms with Crippen LogP contribution in [0, 0.1) is 12.7 Å². The lowest BCUT2D eigenvalue weighted by atomic mass is 10.0. The van der Waals surface area contributed by atoms with Gasteiger partial charge in [-0.15, -0.1) is 13.2 Å². The number of alkyl halides is 3. The fourth-order valence-electron chi connectivity index (χ4n) is 3.43. The molecule has 0 radical (unpaired) electrons. The largest absolute Gasteiger partial charge is 0.573 e. The number of aliphatic carboxylic acids is 1. The first kappa shape index (κ1) is 27.0. The summed E-state index contributed by atoms with van der Waals surface area (Å²) in [4.78, 5) is 37.5. The smallest absolute Gasteiger partial charge is 0.505 e. The summed E-state index contributed by atoms with van der Waals surface area (Å²) >= 11 is 0. The molecule has 1 heterocycles. The van der Waals surface area contributed by atoms with Crippen LogP contribution in [0.1, 0.15) is 12.1 Å². The number of carbonyl (C=O) groups is 2. The van der Waals surface area contributed by atoms with E-state index in [0.29, 0.717) is 10.6 Å². The number of carboxylic acid groups (broad SMARTS) is 1. The molecule has 13 heteroatoms. The molecule has 3 N–H and O–H groups in total. The summed E-state index contributed by atoms with van der Waals surface area (Å²) in [5.41, 5.74) is -1.37. The number of hydrogen-bond acceptors (Lipinski definition) is 5. The number of carboxylic acids is 1. The second-order valence-corrected chi connectivity index (χ2v) is 7.84. The average molecular weight is 523 g/mol. The van der Waals surface area contributed by atoms with Crippen molar-refractivity contribution in [1.29, 1.82) is 0 Å². The summed E-state index contributed by atoms with van der Waals surface area (Å²) in [5, 5.41) is 21.6. The number of hydrogen-bond donors (Lipinski definition) is 3. The van der Waals surface area contributed by atoms with E-state index in [0.717, 1.165) is 28.8 Å². The Kier molecular flexibility index (Phi) is 7.75. The van der Waals surface area contributed by atoms with Crippen molar-refractivity contribution in [2.45, 2.75) is 19.7 Å². The van der Waals surface area contributed by atoms with E-state index in [-0.39, 0.29) is 17.7 Å². The van der Waals surface area contributed by atoms with Crippen LogP contribution in [-0.4, -0.2) is 39.7 Å². The molecule has 1 aromatic heterocycles. The van der Waals surface area contributed by atoms with Crippen LogP contribution in [0.5, 0.6) is 11.5 Å². The van der Waals surface area contributed by atoms with Crippen molar-refractivity contribution >= 4 is 23.4 Å². The lowest BCUT2D eigenvalue weighted by molar-refractivity contribution is -0.274. The number of rotatable bonds is 7. The summed E-state index contributed by atoms with van der Waals surface area (Å²) in [6.45, 7) is 1.13. The molecule has 3 aromatic rings. The van der Waals surface area contributed by atoms with E-state index >= 15 is 4.39 Å². The third-order valence-electron chi connectivity index (χ3n) is 5.25. The van der Waals surface area contributed by atoms with Gasteiger partial charge in [0.2, 0.25) is 0 Å². The molecule has 0 spiro atoms. The Morgan fingerprint density at radius 3 is 2.43 bits per heavy atom. The van der Waals surface area contributed by atoms with Crippen LogP contribution in [0.2, 0.25) is 0 Å². The lowest BCUT2D eigenvalue weighted by Crippen LogP contribution is -2.41. The highest BCUT2D eigenvalue weighted by molar-refractivity contribution is 6.01. The lowest BCUT2D eigenvalue weighted by Gasteiger charge is -2.25. The molecule has 0 aliphatic heterocycles. The zero-order valence-electron chi connectivity index (χ0n) is 19.5. The second kappa shape index (κ2) is 10.6. The number of ether oxygens (including phenoxy) is 1. The maximum Gasteiger partial charge on any atom is 0.573 e. The molecule has 0 unspecified atom stereocenters. The number of nitrogens with one attached hydrogen (secondary N) is 1. The molecular formula is C24H21F4N3O6. The van der Waals surface area contributed by atoms with Gasteiger partial charge in [-0.3, -0.25) is 14.5 Å². The highest BCUT2D eigenvalue weighted by Gasteiger charge is 2.31. The molecule has 2 amide bonds. The van der Waals surface area contributed by atoms with Gasteiger partial charge in [0.1, 0.15) is 17.3 Å². The van der Waals surface area contributed by atoms with Gasteiger partial charge in [0.15, 0.2) is 5.69 Å². The highest BCUT2D eigenvalue weighted by Crippen LogP contribution is 2.36. The van der Waals surface area contributed by atoms with E-state index in [1.54, 1.807) is 0 Å². The van der Waals surface area contributed by atoms with Gasteiger partial charge in [0, 0.05) is 25.4 Å². The number of halogens is 4. The van der Waals surface area contributed by atoms with Crippen molar-refractivity contribution in [3.8, 4) is 22.6 Å². The summed E-state index contributed by atoms with van der Waals surface area (Å²) < 4.78 is 58.1. The van der Waals surface area contributed by atoms with Crippen molar-refractivity contribution in [3.63, 3.8) is 0 Å². The second-order valence-electron chi connectivity index (χ2n) is 7.84. The topological polar surface area (TPSA) is 121 Å². The molecular weight excluding hydrogens is 502 g/mol. The van der Waals surface area contributed by atoms with Gasteiger partial charge >= 0.3 is 18.4 Å². The molecule has 9 nitrogen and oxygen atoms in total. The first-order chi connectivity index (χ1) is 17.3. The van der Waals surface area contributed by atoms with Gasteiger partial charge in [0.25, 0.3) is 5.56 Å². The minimum Gasteiger partial charge on any atom is -0.505 e. The molecule has 3 rings (SSSR count). The number of anilines is 2. The maximum absolute atomic E-state index is 15.1. The summed E-state index contributed by atoms with van der Waals surface area (Å²) in [7, 11) is 1.36. The first-order valence-corrected chi connectivity index (χ1v) is 10.6. The quantitative estimate of drug-likeness (QED) is 0.394. The number of aromatic nitrogens is 1. The fourth-order valence-corrected chi connectivity index (χ4v) is 3.43. The number of nitrogens with zero attached hydrogens (tertiary/aromatic N) is 2. The Balaban J connectivity index is 2.16. The Bertz CT molecular complexity index is 1400. The van der Waals surface area contributed by atoms with E-state index in [2.05, 4.69) is 10.1 Å². The average Bonchev–Trinajstić information content (AvgIpc) is 2.80. The molecule has 196 valence electrons. The van der Waals surface area contributed by atoms with Crippen molar-refractivity contribution in [2.75, 3.05) is 11.4 Å². The molecule has 0 bridgehead atoms. The van der Waals surface area contributed by atoms with Gasteiger partial charge in [0.05, 0.1) is 12.1 Å². The SMILES string of the molecule is Cc1cc(O)c(N(C(=O)NCCC(=O)O)c2cc(-c3cccc(OC(F)(F)F)c3)ccc2F)c(=O)n1C. The zero-order valence-corrected chi connectivity index (χ0v) is 19.5. The predicted molar refractivity (Wildman–Crippen MR) is 124 cm³/mol. The number of aromatic hydroxyl groups is 1. The van der Waals surface area contributed by atoms with Crippen molar-refractivity contribution in [2.24, 2.45) is 7.05 Å². The predicted octanol–water partition coefficient (Wildman–Crippen LogP) is 4.43. The van der Waals surface area contributed by atoms with E-state index in [1.165, 1.54) is 38.2 Å². The van der Waals surface area contributed by atoms with Gasteiger partial charge in [-0.2, -0.15) is 0 Å². The summed E-state index contributed by atoms with van der Waals surface area (Å²) in [6.07, 6.45) is -5.42.